The fourth-order valence-electron chi connectivity index (χ4n) is 1.95. The summed E-state index contributed by atoms with van der Waals surface area (Å²) < 4.78 is 5.16. The lowest BCUT2D eigenvalue weighted by Crippen LogP contribution is -3.17. The quantitative estimate of drug-likeness (QED) is 0.814. The van der Waals surface area contributed by atoms with Gasteiger partial charge in [0.15, 0.2) is 0 Å². The van der Waals surface area contributed by atoms with Crippen molar-refractivity contribution in [3.63, 3.8) is 0 Å². The Bertz CT molecular complexity index is 401. The van der Waals surface area contributed by atoms with Gasteiger partial charge < -0.3 is 19.2 Å². The molecule has 0 aliphatic heterocycles. The zero-order chi connectivity index (χ0) is 13.2. The molecule has 0 amide bonds. The van der Waals surface area contributed by atoms with E-state index >= 15 is 0 Å². The molecule has 0 saturated carbocycles. The number of quaternary nitrogens is 1. The SMILES string of the molecule is CC[NH+](Cc1cc(C(=O)[O-])oc1C)C(C)(C)C. The summed E-state index contributed by atoms with van der Waals surface area (Å²) in [5.74, 6) is -0.672. The van der Waals surface area contributed by atoms with Gasteiger partial charge >= 0.3 is 0 Å². The first kappa shape index (κ1) is 13.8. The van der Waals surface area contributed by atoms with Crippen LogP contribution in [0.2, 0.25) is 0 Å². The van der Waals surface area contributed by atoms with Crippen LogP contribution in [-0.4, -0.2) is 18.1 Å². The molecule has 0 aromatic carbocycles. The molecule has 0 radical (unpaired) electrons. The van der Waals surface area contributed by atoms with Crippen molar-refractivity contribution in [2.24, 2.45) is 0 Å². The van der Waals surface area contributed by atoms with Gasteiger partial charge in [0.05, 0.1) is 12.1 Å². The van der Waals surface area contributed by atoms with E-state index in [1.54, 1.807) is 13.0 Å². The maximum absolute atomic E-state index is 10.7. The number of rotatable bonds is 4. The molecule has 0 bridgehead atoms. The fraction of sp³-hybridized carbons (Fsp3) is 0.615. The number of hydrogen-bond donors (Lipinski definition) is 1. The highest BCUT2D eigenvalue weighted by Crippen LogP contribution is 2.13. The van der Waals surface area contributed by atoms with Gasteiger partial charge in [-0.3, -0.25) is 0 Å². The van der Waals surface area contributed by atoms with Crippen LogP contribution in [0.1, 0.15) is 49.6 Å². The molecule has 0 spiro atoms. The molecule has 1 aromatic heterocycles. The lowest BCUT2D eigenvalue weighted by atomic mass is 10.0. The van der Waals surface area contributed by atoms with Crippen molar-refractivity contribution in [1.29, 1.82) is 0 Å². The Morgan fingerprint density at radius 2 is 2.06 bits per heavy atom. The zero-order valence-corrected chi connectivity index (χ0v) is 11.2. The van der Waals surface area contributed by atoms with Gasteiger partial charge in [-0.2, -0.15) is 0 Å². The summed E-state index contributed by atoms with van der Waals surface area (Å²) >= 11 is 0. The summed E-state index contributed by atoms with van der Waals surface area (Å²) in [6, 6.07) is 1.58. The van der Waals surface area contributed by atoms with E-state index in [-0.39, 0.29) is 11.3 Å². The third-order valence-electron chi connectivity index (χ3n) is 3.11. The molecule has 17 heavy (non-hydrogen) atoms. The van der Waals surface area contributed by atoms with Crippen molar-refractivity contribution in [3.8, 4) is 0 Å². The number of furan rings is 1. The second-order valence-corrected chi connectivity index (χ2v) is 5.36. The van der Waals surface area contributed by atoms with Crippen LogP contribution < -0.4 is 10.0 Å². The second-order valence-electron chi connectivity index (χ2n) is 5.36. The lowest BCUT2D eigenvalue weighted by molar-refractivity contribution is -0.958. The van der Waals surface area contributed by atoms with Crippen molar-refractivity contribution in [2.75, 3.05) is 6.54 Å². The summed E-state index contributed by atoms with van der Waals surface area (Å²) in [4.78, 5) is 12.1. The zero-order valence-electron chi connectivity index (χ0n) is 11.2. The molecule has 1 rings (SSSR count). The number of aryl methyl sites for hydroxylation is 1. The Morgan fingerprint density at radius 3 is 2.41 bits per heavy atom. The van der Waals surface area contributed by atoms with Crippen LogP contribution in [0, 0.1) is 6.92 Å². The third-order valence-corrected chi connectivity index (χ3v) is 3.11. The Labute approximate surface area is 102 Å². The number of carboxylic acids is 1. The van der Waals surface area contributed by atoms with Crippen LogP contribution in [0.4, 0.5) is 0 Å². The summed E-state index contributed by atoms with van der Waals surface area (Å²) in [6.07, 6.45) is 0. The molecule has 0 fully saturated rings. The molecule has 96 valence electrons. The number of carboxylic acid groups (broad SMARTS) is 1. The number of aromatic carboxylic acids is 1. The van der Waals surface area contributed by atoms with Gasteiger partial charge in [-0.05, 0) is 40.7 Å². The molecular weight excluding hydrogens is 218 g/mol. The number of nitrogens with one attached hydrogen (secondary N) is 1. The lowest BCUT2D eigenvalue weighted by Gasteiger charge is -2.31. The highest BCUT2D eigenvalue weighted by Gasteiger charge is 2.25. The van der Waals surface area contributed by atoms with Crippen molar-refractivity contribution >= 4 is 5.97 Å². The first-order valence-corrected chi connectivity index (χ1v) is 5.91. The van der Waals surface area contributed by atoms with E-state index in [1.165, 1.54) is 4.90 Å². The first-order valence-electron chi connectivity index (χ1n) is 5.91. The van der Waals surface area contributed by atoms with Crippen LogP contribution in [0.15, 0.2) is 10.5 Å². The topological polar surface area (TPSA) is 57.7 Å². The Kier molecular flexibility index (Phi) is 3.98. The Morgan fingerprint density at radius 1 is 1.47 bits per heavy atom. The molecule has 1 aromatic rings. The predicted octanol–water partition coefficient (Wildman–Crippen LogP) is 0.155. The van der Waals surface area contributed by atoms with Gasteiger partial charge in [-0.1, -0.05) is 0 Å². The van der Waals surface area contributed by atoms with Gasteiger partial charge in [-0.25, -0.2) is 0 Å². The highest BCUT2D eigenvalue weighted by atomic mass is 16.4. The van der Waals surface area contributed by atoms with Crippen molar-refractivity contribution in [2.45, 2.75) is 46.7 Å². The molecule has 1 N–H and O–H groups in total. The minimum Gasteiger partial charge on any atom is -0.542 e. The molecule has 0 saturated heterocycles. The first-order chi connectivity index (χ1) is 7.75. The molecule has 1 heterocycles. The van der Waals surface area contributed by atoms with Crippen LogP contribution in [-0.2, 0) is 6.54 Å². The maximum atomic E-state index is 10.7. The molecule has 0 aliphatic rings. The van der Waals surface area contributed by atoms with E-state index in [2.05, 4.69) is 27.7 Å². The largest absolute Gasteiger partial charge is 0.542 e. The molecule has 0 aliphatic carbocycles. The second kappa shape index (κ2) is 4.92. The normalized spacial score (nSPS) is 13.7. The Balaban J connectivity index is 2.91. The molecular formula is C13H21NO3. The van der Waals surface area contributed by atoms with Crippen LogP contribution in [0.3, 0.4) is 0 Å². The van der Waals surface area contributed by atoms with Gasteiger partial charge in [0, 0.05) is 5.56 Å². The van der Waals surface area contributed by atoms with Gasteiger partial charge in [-0.15, -0.1) is 0 Å². The van der Waals surface area contributed by atoms with Crippen molar-refractivity contribution in [1.82, 2.24) is 0 Å². The number of hydrogen-bond acceptors (Lipinski definition) is 3. The van der Waals surface area contributed by atoms with Gasteiger partial charge in [0.1, 0.15) is 24.0 Å². The average molecular weight is 239 g/mol. The third kappa shape index (κ3) is 3.33. The van der Waals surface area contributed by atoms with E-state index in [9.17, 15) is 9.90 Å². The van der Waals surface area contributed by atoms with Crippen molar-refractivity contribution in [3.05, 3.63) is 23.2 Å². The van der Waals surface area contributed by atoms with E-state index in [1.807, 2.05) is 0 Å². The predicted molar refractivity (Wildman–Crippen MR) is 62.7 cm³/mol. The van der Waals surface area contributed by atoms with E-state index in [0.29, 0.717) is 5.76 Å². The number of carbonyl (C=O) groups excluding carboxylic acids is 1. The van der Waals surface area contributed by atoms with Crippen molar-refractivity contribution < 1.29 is 19.2 Å². The molecule has 4 heteroatoms. The summed E-state index contributed by atoms with van der Waals surface area (Å²) in [5, 5.41) is 10.7. The smallest absolute Gasteiger partial charge is 0.150 e. The van der Waals surface area contributed by atoms with Gasteiger partial charge in [0.2, 0.25) is 0 Å². The average Bonchev–Trinajstić information content (AvgIpc) is 2.54. The van der Waals surface area contributed by atoms with Crippen LogP contribution in [0.25, 0.3) is 0 Å². The summed E-state index contributed by atoms with van der Waals surface area (Å²) in [7, 11) is 0. The van der Waals surface area contributed by atoms with E-state index < -0.39 is 5.97 Å². The Hall–Kier alpha value is -1.29. The van der Waals surface area contributed by atoms with E-state index in [4.69, 9.17) is 4.42 Å². The standard InChI is InChI=1S/C13H21NO3/c1-6-14(13(3,4)5)8-10-7-11(12(15)16)17-9(10)2/h7H,6,8H2,1-5H3,(H,15,16). The number of carbonyl (C=O) groups is 1. The van der Waals surface area contributed by atoms with Gasteiger partial charge in [0.25, 0.3) is 0 Å². The van der Waals surface area contributed by atoms with Crippen LogP contribution in [0.5, 0.6) is 0 Å². The monoisotopic (exact) mass is 239 g/mol. The maximum Gasteiger partial charge on any atom is 0.150 e. The molecule has 4 nitrogen and oxygen atoms in total. The summed E-state index contributed by atoms with van der Waals surface area (Å²) in [5.41, 5.74) is 1.07. The fourth-order valence-corrected chi connectivity index (χ4v) is 1.95. The highest BCUT2D eigenvalue weighted by molar-refractivity contribution is 5.82. The van der Waals surface area contributed by atoms with Crippen LogP contribution >= 0.6 is 0 Å². The minimum atomic E-state index is -1.26. The minimum absolute atomic E-state index is 0.0816. The van der Waals surface area contributed by atoms with E-state index in [0.717, 1.165) is 18.7 Å². The molecule has 1 unspecified atom stereocenters. The summed E-state index contributed by atoms with van der Waals surface area (Å²) in [6.45, 7) is 12.2. The molecule has 1 atom stereocenters.